The molecule has 3 heteroatoms. The highest BCUT2D eigenvalue weighted by atomic mass is 16.5. The number of ether oxygens (including phenoxy) is 1. The molecule has 0 fully saturated rings. The summed E-state index contributed by atoms with van der Waals surface area (Å²) in [5.41, 5.74) is 1.08. The van der Waals surface area contributed by atoms with Crippen LogP contribution in [-0.2, 0) is 4.79 Å². The Morgan fingerprint density at radius 1 is 1.40 bits per heavy atom. The number of rotatable bonds is 4. The molecule has 0 bridgehead atoms. The van der Waals surface area contributed by atoms with Crippen LogP contribution >= 0.6 is 0 Å². The average molecular weight is 205 g/mol. The molecule has 0 aliphatic rings. The van der Waals surface area contributed by atoms with Crippen LogP contribution in [-0.4, -0.2) is 19.6 Å². The highest BCUT2D eigenvalue weighted by Crippen LogP contribution is 2.11. The molecule has 0 radical (unpaired) electrons. The van der Waals surface area contributed by atoms with E-state index in [1.165, 1.54) is 6.92 Å². The largest absolute Gasteiger partial charge is 0.497 e. The molecule has 1 aromatic rings. The van der Waals surface area contributed by atoms with Crippen molar-refractivity contribution in [1.29, 1.82) is 0 Å². The Hall–Kier alpha value is -1.77. The van der Waals surface area contributed by atoms with Crippen LogP contribution in [0.1, 0.15) is 12.5 Å². The van der Waals surface area contributed by atoms with Crippen LogP contribution in [0.25, 0.3) is 6.08 Å². The molecule has 0 atom stereocenters. The van der Waals surface area contributed by atoms with Crippen molar-refractivity contribution in [2.45, 2.75) is 6.92 Å². The molecule has 1 rings (SSSR count). The molecule has 0 saturated heterocycles. The van der Waals surface area contributed by atoms with Gasteiger partial charge in [-0.25, -0.2) is 0 Å². The molecular formula is C12H15NO2. The second-order valence-electron chi connectivity index (χ2n) is 3.11. The first-order chi connectivity index (χ1) is 7.22. The first-order valence-electron chi connectivity index (χ1n) is 4.77. The zero-order valence-corrected chi connectivity index (χ0v) is 8.99. The maximum Gasteiger partial charge on any atom is 0.217 e. The lowest BCUT2D eigenvalue weighted by Crippen LogP contribution is -2.19. The zero-order valence-electron chi connectivity index (χ0n) is 8.99. The maximum atomic E-state index is 10.6. The van der Waals surface area contributed by atoms with Crippen molar-refractivity contribution in [1.82, 2.24) is 5.32 Å². The Kier molecular flexibility index (Phi) is 4.41. The molecular weight excluding hydrogens is 190 g/mol. The van der Waals surface area contributed by atoms with Gasteiger partial charge in [0.25, 0.3) is 0 Å². The summed E-state index contributed by atoms with van der Waals surface area (Å²) in [6.45, 7) is 2.06. The summed E-state index contributed by atoms with van der Waals surface area (Å²) in [6, 6.07) is 7.72. The Balaban J connectivity index is 2.46. The maximum absolute atomic E-state index is 10.6. The van der Waals surface area contributed by atoms with Gasteiger partial charge in [-0.1, -0.05) is 24.3 Å². The quantitative estimate of drug-likeness (QED) is 0.814. The summed E-state index contributed by atoms with van der Waals surface area (Å²) in [7, 11) is 1.64. The molecule has 15 heavy (non-hydrogen) atoms. The summed E-state index contributed by atoms with van der Waals surface area (Å²) in [4.78, 5) is 10.6. The van der Waals surface area contributed by atoms with E-state index in [4.69, 9.17) is 4.74 Å². The third-order valence-corrected chi connectivity index (χ3v) is 1.89. The Labute approximate surface area is 89.8 Å². The Morgan fingerprint density at radius 2 is 2.07 bits per heavy atom. The molecule has 0 saturated carbocycles. The fraction of sp³-hybridized carbons (Fsp3) is 0.250. The molecule has 80 valence electrons. The van der Waals surface area contributed by atoms with Gasteiger partial charge < -0.3 is 10.1 Å². The van der Waals surface area contributed by atoms with E-state index in [1.54, 1.807) is 7.11 Å². The molecule has 0 aromatic heterocycles. The van der Waals surface area contributed by atoms with E-state index in [0.717, 1.165) is 11.3 Å². The normalized spacial score (nSPS) is 10.3. The highest BCUT2D eigenvalue weighted by molar-refractivity contribution is 5.73. The monoisotopic (exact) mass is 205 g/mol. The van der Waals surface area contributed by atoms with Crippen molar-refractivity contribution in [3.8, 4) is 5.75 Å². The zero-order chi connectivity index (χ0) is 11.1. The van der Waals surface area contributed by atoms with Gasteiger partial charge in [-0.15, -0.1) is 0 Å². The van der Waals surface area contributed by atoms with Gasteiger partial charge in [0.15, 0.2) is 0 Å². The lowest BCUT2D eigenvalue weighted by atomic mass is 10.2. The number of amides is 1. The van der Waals surface area contributed by atoms with Crippen LogP contribution in [0.15, 0.2) is 30.3 Å². The molecule has 1 N–H and O–H groups in total. The van der Waals surface area contributed by atoms with Crippen molar-refractivity contribution >= 4 is 12.0 Å². The number of hydrogen-bond acceptors (Lipinski definition) is 2. The molecule has 0 spiro atoms. The lowest BCUT2D eigenvalue weighted by molar-refractivity contribution is -0.118. The molecule has 0 heterocycles. The molecule has 1 aromatic carbocycles. The van der Waals surface area contributed by atoms with Gasteiger partial charge in [0.2, 0.25) is 5.91 Å². The molecule has 0 unspecified atom stereocenters. The number of methoxy groups -OCH3 is 1. The number of carbonyl (C=O) groups excluding carboxylic acids is 1. The van der Waals surface area contributed by atoms with Crippen LogP contribution in [0, 0.1) is 0 Å². The minimum atomic E-state index is -0.0191. The predicted molar refractivity (Wildman–Crippen MR) is 60.7 cm³/mol. The third-order valence-electron chi connectivity index (χ3n) is 1.89. The van der Waals surface area contributed by atoms with E-state index in [1.807, 2.05) is 36.4 Å². The molecule has 0 aliphatic carbocycles. The molecule has 1 amide bonds. The Morgan fingerprint density at radius 3 is 2.60 bits per heavy atom. The van der Waals surface area contributed by atoms with Crippen LogP contribution in [0.3, 0.4) is 0 Å². The number of benzene rings is 1. The number of hydrogen-bond donors (Lipinski definition) is 1. The first-order valence-corrected chi connectivity index (χ1v) is 4.77. The van der Waals surface area contributed by atoms with E-state index < -0.39 is 0 Å². The fourth-order valence-corrected chi connectivity index (χ4v) is 1.11. The third kappa shape index (κ3) is 4.31. The Bertz CT molecular complexity index is 341. The van der Waals surface area contributed by atoms with E-state index in [0.29, 0.717) is 6.54 Å². The summed E-state index contributed by atoms with van der Waals surface area (Å²) < 4.78 is 5.05. The SMILES string of the molecule is COc1ccc(C=CCNC(C)=O)cc1. The summed E-state index contributed by atoms with van der Waals surface area (Å²) in [5, 5.41) is 2.69. The van der Waals surface area contributed by atoms with Gasteiger partial charge in [0, 0.05) is 13.5 Å². The van der Waals surface area contributed by atoms with Crippen molar-refractivity contribution in [3.63, 3.8) is 0 Å². The molecule has 0 aliphatic heterocycles. The smallest absolute Gasteiger partial charge is 0.217 e. The average Bonchev–Trinajstić information content (AvgIpc) is 2.25. The number of carbonyl (C=O) groups is 1. The summed E-state index contributed by atoms with van der Waals surface area (Å²) >= 11 is 0. The van der Waals surface area contributed by atoms with Crippen LogP contribution in [0.4, 0.5) is 0 Å². The van der Waals surface area contributed by atoms with Crippen LogP contribution in [0.2, 0.25) is 0 Å². The predicted octanol–water partition coefficient (Wildman–Crippen LogP) is 1.84. The van der Waals surface area contributed by atoms with Crippen LogP contribution < -0.4 is 10.1 Å². The first kappa shape index (κ1) is 11.3. The van der Waals surface area contributed by atoms with Crippen molar-refractivity contribution in [2.24, 2.45) is 0 Å². The minimum Gasteiger partial charge on any atom is -0.497 e. The van der Waals surface area contributed by atoms with Gasteiger partial charge in [0.05, 0.1) is 7.11 Å². The lowest BCUT2D eigenvalue weighted by Gasteiger charge is -1.99. The highest BCUT2D eigenvalue weighted by Gasteiger charge is 1.90. The van der Waals surface area contributed by atoms with Crippen LogP contribution in [0.5, 0.6) is 5.75 Å². The van der Waals surface area contributed by atoms with E-state index in [-0.39, 0.29) is 5.91 Å². The van der Waals surface area contributed by atoms with E-state index >= 15 is 0 Å². The van der Waals surface area contributed by atoms with E-state index in [9.17, 15) is 4.79 Å². The van der Waals surface area contributed by atoms with Gasteiger partial charge in [-0.05, 0) is 17.7 Å². The van der Waals surface area contributed by atoms with Gasteiger partial charge in [-0.3, -0.25) is 4.79 Å². The standard InChI is InChI=1S/C12H15NO2/c1-10(14)13-9-3-4-11-5-7-12(15-2)8-6-11/h3-8H,9H2,1-2H3,(H,13,14). The second-order valence-corrected chi connectivity index (χ2v) is 3.11. The minimum absolute atomic E-state index is 0.0191. The van der Waals surface area contributed by atoms with E-state index in [2.05, 4.69) is 5.32 Å². The van der Waals surface area contributed by atoms with Crippen molar-refractivity contribution in [2.75, 3.05) is 13.7 Å². The molecule has 3 nitrogen and oxygen atoms in total. The second kappa shape index (κ2) is 5.86. The van der Waals surface area contributed by atoms with Gasteiger partial charge in [0.1, 0.15) is 5.75 Å². The topological polar surface area (TPSA) is 38.3 Å². The summed E-state index contributed by atoms with van der Waals surface area (Å²) in [5.74, 6) is 0.823. The summed E-state index contributed by atoms with van der Waals surface area (Å²) in [6.07, 6.45) is 3.86. The van der Waals surface area contributed by atoms with Crippen molar-refractivity contribution in [3.05, 3.63) is 35.9 Å². The van der Waals surface area contributed by atoms with Crippen molar-refractivity contribution < 1.29 is 9.53 Å². The number of nitrogens with one attached hydrogen (secondary N) is 1. The van der Waals surface area contributed by atoms with Gasteiger partial charge in [-0.2, -0.15) is 0 Å². The fourth-order valence-electron chi connectivity index (χ4n) is 1.11. The van der Waals surface area contributed by atoms with Gasteiger partial charge >= 0.3 is 0 Å².